The van der Waals surface area contributed by atoms with Crippen molar-refractivity contribution in [2.75, 3.05) is 13.7 Å². The summed E-state index contributed by atoms with van der Waals surface area (Å²) in [5.74, 6) is -1.10. The largest absolute Gasteiger partial charge is 0.417 e. The summed E-state index contributed by atoms with van der Waals surface area (Å²) in [4.78, 5) is 13.5. The molecule has 0 spiro atoms. The number of H-pyrrole nitrogens is 1. The van der Waals surface area contributed by atoms with Crippen LogP contribution in [0.3, 0.4) is 0 Å². The van der Waals surface area contributed by atoms with E-state index in [9.17, 15) is 17.6 Å². The molecular formula is C16H15FN2O5S. The highest BCUT2D eigenvalue weighted by molar-refractivity contribution is 7.89. The van der Waals surface area contributed by atoms with Gasteiger partial charge in [-0.3, -0.25) is 4.98 Å². The predicted molar refractivity (Wildman–Crippen MR) is 88.2 cm³/mol. The quantitative estimate of drug-likeness (QED) is 0.694. The topological polar surface area (TPSA) is 101 Å². The van der Waals surface area contributed by atoms with Crippen LogP contribution in [0.25, 0.3) is 11.1 Å². The number of halogens is 1. The van der Waals surface area contributed by atoms with Crippen molar-refractivity contribution in [2.24, 2.45) is 0 Å². The van der Waals surface area contributed by atoms with Gasteiger partial charge in [0.2, 0.25) is 10.0 Å². The Bertz CT molecular complexity index is 1060. The van der Waals surface area contributed by atoms with Gasteiger partial charge in [0.15, 0.2) is 5.58 Å². The van der Waals surface area contributed by atoms with Gasteiger partial charge >= 0.3 is 5.76 Å². The molecule has 9 heteroatoms. The monoisotopic (exact) mass is 366 g/mol. The molecule has 132 valence electrons. The molecule has 1 aromatic heterocycles. The predicted octanol–water partition coefficient (Wildman–Crippen LogP) is 1.93. The van der Waals surface area contributed by atoms with Crippen LogP contribution in [0, 0.1) is 5.82 Å². The van der Waals surface area contributed by atoms with Crippen LogP contribution in [0.4, 0.5) is 4.39 Å². The molecule has 0 aliphatic carbocycles. The minimum Gasteiger partial charge on any atom is -0.408 e. The molecule has 7 nitrogen and oxygen atoms in total. The van der Waals surface area contributed by atoms with Crippen molar-refractivity contribution in [1.29, 1.82) is 0 Å². The van der Waals surface area contributed by atoms with Crippen molar-refractivity contribution in [3.8, 4) is 0 Å². The number of ether oxygens (including phenoxy) is 1. The van der Waals surface area contributed by atoms with Crippen LogP contribution >= 0.6 is 0 Å². The number of hydrogen-bond donors (Lipinski definition) is 2. The van der Waals surface area contributed by atoms with Gasteiger partial charge in [-0.05, 0) is 35.9 Å². The number of sulfonamides is 1. The minimum absolute atomic E-state index is 0.0360. The van der Waals surface area contributed by atoms with E-state index in [4.69, 9.17) is 9.15 Å². The first-order chi connectivity index (χ1) is 11.9. The molecule has 0 aliphatic rings. The second kappa shape index (κ2) is 6.79. The average Bonchev–Trinajstić information content (AvgIpc) is 2.94. The van der Waals surface area contributed by atoms with E-state index < -0.39 is 27.7 Å². The van der Waals surface area contributed by atoms with Gasteiger partial charge < -0.3 is 9.15 Å². The Morgan fingerprint density at radius 1 is 1.28 bits per heavy atom. The van der Waals surface area contributed by atoms with Gasteiger partial charge in [0.25, 0.3) is 0 Å². The number of methoxy groups -OCH3 is 1. The van der Waals surface area contributed by atoms with Gasteiger partial charge in [-0.1, -0.05) is 12.1 Å². The zero-order valence-electron chi connectivity index (χ0n) is 13.2. The van der Waals surface area contributed by atoms with E-state index in [0.29, 0.717) is 5.56 Å². The molecule has 0 fully saturated rings. The molecule has 0 bridgehead atoms. The fourth-order valence-electron chi connectivity index (χ4n) is 2.41. The minimum atomic E-state index is -3.85. The number of nitrogens with one attached hydrogen (secondary N) is 2. The first-order valence-electron chi connectivity index (χ1n) is 7.30. The number of aromatic amines is 1. The van der Waals surface area contributed by atoms with Crippen molar-refractivity contribution >= 4 is 21.1 Å². The fourth-order valence-corrected chi connectivity index (χ4v) is 3.47. The van der Waals surface area contributed by atoms with E-state index in [2.05, 4.69) is 9.71 Å². The third kappa shape index (κ3) is 3.78. The molecule has 2 N–H and O–H groups in total. The second-order valence-electron chi connectivity index (χ2n) is 5.30. The lowest BCUT2D eigenvalue weighted by atomic mass is 10.1. The van der Waals surface area contributed by atoms with Crippen molar-refractivity contribution in [2.45, 2.75) is 11.0 Å². The van der Waals surface area contributed by atoms with Gasteiger partial charge in [0, 0.05) is 13.7 Å². The summed E-state index contributed by atoms with van der Waals surface area (Å²) in [7, 11) is -2.44. The fraction of sp³-hybridized carbons (Fsp3) is 0.188. The zero-order valence-corrected chi connectivity index (χ0v) is 14.0. The lowest BCUT2D eigenvalue weighted by Gasteiger charge is -2.16. The summed E-state index contributed by atoms with van der Waals surface area (Å²) >= 11 is 0. The van der Waals surface area contributed by atoms with E-state index in [-0.39, 0.29) is 22.5 Å². The lowest BCUT2D eigenvalue weighted by molar-refractivity contribution is 0.107. The molecule has 0 saturated heterocycles. The molecular weight excluding hydrogens is 351 g/mol. The summed E-state index contributed by atoms with van der Waals surface area (Å²) in [6, 6.07) is 9.76. The molecule has 1 unspecified atom stereocenters. The third-order valence-electron chi connectivity index (χ3n) is 3.66. The number of oxazole rings is 1. The van der Waals surface area contributed by atoms with Crippen LogP contribution in [0.2, 0.25) is 0 Å². The molecule has 1 heterocycles. The maximum Gasteiger partial charge on any atom is 0.417 e. The molecule has 3 aromatic rings. The molecule has 25 heavy (non-hydrogen) atoms. The highest BCUT2D eigenvalue weighted by Crippen LogP contribution is 2.19. The summed E-state index contributed by atoms with van der Waals surface area (Å²) < 4.78 is 50.7. The first kappa shape index (κ1) is 17.3. The Balaban J connectivity index is 1.80. The first-order valence-corrected chi connectivity index (χ1v) is 8.78. The van der Waals surface area contributed by atoms with Crippen molar-refractivity contribution in [3.63, 3.8) is 0 Å². The van der Waals surface area contributed by atoms with Gasteiger partial charge in [0.1, 0.15) is 5.82 Å². The highest BCUT2D eigenvalue weighted by atomic mass is 32.2. The van der Waals surface area contributed by atoms with Gasteiger partial charge in [-0.15, -0.1) is 0 Å². The summed E-state index contributed by atoms with van der Waals surface area (Å²) in [6.07, 6.45) is -0.650. The Morgan fingerprint density at radius 3 is 2.80 bits per heavy atom. The van der Waals surface area contributed by atoms with Crippen LogP contribution in [0.5, 0.6) is 0 Å². The molecule has 2 aromatic carbocycles. The van der Waals surface area contributed by atoms with E-state index in [0.717, 1.165) is 0 Å². The number of aromatic nitrogens is 1. The number of rotatable bonds is 6. The third-order valence-corrected chi connectivity index (χ3v) is 5.09. The van der Waals surface area contributed by atoms with Gasteiger partial charge in [-0.25, -0.2) is 22.3 Å². The smallest absolute Gasteiger partial charge is 0.408 e. The number of benzene rings is 2. The van der Waals surface area contributed by atoms with Crippen LogP contribution < -0.4 is 10.5 Å². The van der Waals surface area contributed by atoms with Crippen molar-refractivity contribution in [1.82, 2.24) is 9.71 Å². The SMILES string of the molecule is COC(CNS(=O)(=O)c1ccc2oc(=O)[nH]c2c1)c1cccc(F)c1. The Labute approximate surface area is 142 Å². The Kier molecular flexibility index (Phi) is 4.71. The van der Waals surface area contributed by atoms with Crippen molar-refractivity contribution in [3.05, 3.63) is 64.4 Å². The van der Waals surface area contributed by atoms with Gasteiger partial charge in [0.05, 0.1) is 16.5 Å². The van der Waals surface area contributed by atoms with E-state index in [1.54, 1.807) is 6.07 Å². The van der Waals surface area contributed by atoms with Crippen LogP contribution in [0.15, 0.2) is 56.6 Å². The van der Waals surface area contributed by atoms with E-state index >= 15 is 0 Å². The van der Waals surface area contributed by atoms with Crippen LogP contribution in [-0.4, -0.2) is 27.1 Å². The summed E-state index contributed by atoms with van der Waals surface area (Å²) in [6.45, 7) is -0.0811. The molecule has 3 rings (SSSR count). The molecule has 1 atom stereocenters. The van der Waals surface area contributed by atoms with Gasteiger partial charge in [-0.2, -0.15) is 0 Å². The van der Waals surface area contributed by atoms with Crippen LogP contribution in [-0.2, 0) is 14.8 Å². The number of fused-ring (bicyclic) bond motifs is 1. The normalized spacial score (nSPS) is 13.2. The molecule has 0 aliphatic heterocycles. The lowest BCUT2D eigenvalue weighted by Crippen LogP contribution is -2.29. The molecule has 0 saturated carbocycles. The average molecular weight is 366 g/mol. The maximum absolute atomic E-state index is 13.3. The zero-order chi connectivity index (χ0) is 18.0. The number of hydrogen-bond acceptors (Lipinski definition) is 5. The summed E-state index contributed by atoms with van der Waals surface area (Å²) in [5.41, 5.74) is 1.06. The Morgan fingerprint density at radius 2 is 2.08 bits per heavy atom. The van der Waals surface area contributed by atoms with E-state index in [1.807, 2.05) is 0 Å². The molecule has 0 amide bonds. The van der Waals surface area contributed by atoms with Crippen molar-refractivity contribution < 1.29 is 22.0 Å². The second-order valence-corrected chi connectivity index (χ2v) is 7.07. The highest BCUT2D eigenvalue weighted by Gasteiger charge is 2.19. The maximum atomic E-state index is 13.3. The van der Waals surface area contributed by atoms with E-state index in [1.165, 1.54) is 43.5 Å². The molecule has 0 radical (unpaired) electrons. The van der Waals surface area contributed by atoms with Crippen LogP contribution in [0.1, 0.15) is 11.7 Å². The summed E-state index contributed by atoms with van der Waals surface area (Å²) in [5, 5.41) is 0. The Hall–Kier alpha value is -2.49. The standard InChI is InChI=1S/C16H15FN2O5S/c1-23-15(10-3-2-4-11(17)7-10)9-18-25(21,22)12-5-6-14-13(8-12)19-16(20)24-14/h2-8,15,18H,9H2,1H3,(H,19,20).